The monoisotopic (exact) mass is 359 g/mol. The lowest BCUT2D eigenvalue weighted by Gasteiger charge is -2.26. The van der Waals surface area contributed by atoms with Crippen LogP contribution in [0.4, 0.5) is 4.39 Å². The topological polar surface area (TPSA) is 82.3 Å². The van der Waals surface area contributed by atoms with Gasteiger partial charge in [0.05, 0.1) is 11.6 Å². The van der Waals surface area contributed by atoms with E-state index < -0.39 is 17.3 Å². The molecule has 1 saturated heterocycles. The Kier molecular flexibility index (Phi) is 4.56. The van der Waals surface area contributed by atoms with Crippen LogP contribution in [0, 0.1) is 11.2 Å². The van der Waals surface area contributed by atoms with Crippen molar-refractivity contribution in [1.82, 2.24) is 15.2 Å². The standard InChI is InChI=1S/C19H22FN3O3/c1-19(2,3)10-23-9-12(7-17(23)25)21-18(26)14-8-16(24)22-15-5-4-11(20)6-13(14)15/h4-6,8,12H,7,9-10H2,1-3H3,(H,21,26)(H,22,24). The third-order valence-corrected chi connectivity index (χ3v) is 4.26. The maximum Gasteiger partial charge on any atom is 0.252 e. The Hall–Kier alpha value is -2.70. The van der Waals surface area contributed by atoms with Gasteiger partial charge in [-0.05, 0) is 23.6 Å². The van der Waals surface area contributed by atoms with Crippen LogP contribution in [0.1, 0.15) is 37.6 Å². The molecular weight excluding hydrogens is 337 g/mol. The first-order valence-corrected chi connectivity index (χ1v) is 8.54. The first-order valence-electron chi connectivity index (χ1n) is 8.54. The lowest BCUT2D eigenvalue weighted by Crippen LogP contribution is -2.39. The lowest BCUT2D eigenvalue weighted by molar-refractivity contribution is -0.128. The second-order valence-corrected chi connectivity index (χ2v) is 7.95. The van der Waals surface area contributed by atoms with Crippen LogP contribution in [0.25, 0.3) is 10.9 Å². The third kappa shape index (κ3) is 3.92. The maximum absolute atomic E-state index is 13.6. The van der Waals surface area contributed by atoms with Crippen molar-refractivity contribution in [1.29, 1.82) is 0 Å². The van der Waals surface area contributed by atoms with Gasteiger partial charge < -0.3 is 15.2 Å². The summed E-state index contributed by atoms with van der Waals surface area (Å²) < 4.78 is 13.6. The van der Waals surface area contributed by atoms with E-state index in [2.05, 4.69) is 10.3 Å². The molecule has 2 heterocycles. The minimum absolute atomic E-state index is 0.00737. The summed E-state index contributed by atoms with van der Waals surface area (Å²) in [6, 6.07) is 4.68. The van der Waals surface area contributed by atoms with Crippen LogP contribution in [0.2, 0.25) is 0 Å². The summed E-state index contributed by atoms with van der Waals surface area (Å²) in [5.41, 5.74) is 0.0200. The highest BCUT2D eigenvalue weighted by molar-refractivity contribution is 6.06. The van der Waals surface area contributed by atoms with Crippen molar-refractivity contribution in [2.24, 2.45) is 5.41 Å². The number of halogens is 1. The quantitative estimate of drug-likeness (QED) is 0.880. The first kappa shape index (κ1) is 18.1. The summed E-state index contributed by atoms with van der Waals surface area (Å²) in [5.74, 6) is -0.986. The molecule has 0 bridgehead atoms. The van der Waals surface area contributed by atoms with Gasteiger partial charge in [0.1, 0.15) is 5.82 Å². The van der Waals surface area contributed by atoms with E-state index in [4.69, 9.17) is 0 Å². The number of carbonyl (C=O) groups is 2. The molecule has 0 radical (unpaired) electrons. The number of carbonyl (C=O) groups excluding carboxylic acids is 2. The predicted molar refractivity (Wildman–Crippen MR) is 96.4 cm³/mol. The highest BCUT2D eigenvalue weighted by Crippen LogP contribution is 2.21. The number of aromatic nitrogens is 1. The summed E-state index contributed by atoms with van der Waals surface area (Å²) in [5, 5.41) is 3.13. The largest absolute Gasteiger partial charge is 0.347 e. The third-order valence-electron chi connectivity index (χ3n) is 4.26. The fourth-order valence-corrected chi connectivity index (χ4v) is 3.27. The number of fused-ring (bicyclic) bond motifs is 1. The van der Waals surface area contributed by atoms with Gasteiger partial charge in [-0.15, -0.1) is 0 Å². The molecule has 0 spiro atoms. The average Bonchev–Trinajstić information content (AvgIpc) is 2.84. The molecule has 1 atom stereocenters. The predicted octanol–water partition coefficient (Wildman–Crippen LogP) is 2.04. The number of pyridine rings is 1. The van der Waals surface area contributed by atoms with E-state index >= 15 is 0 Å². The summed E-state index contributed by atoms with van der Waals surface area (Å²) in [6.07, 6.45) is 0.220. The molecule has 26 heavy (non-hydrogen) atoms. The van der Waals surface area contributed by atoms with Gasteiger partial charge >= 0.3 is 0 Å². The number of benzene rings is 1. The molecule has 1 fully saturated rings. The number of likely N-dealkylation sites (tertiary alicyclic amines) is 1. The van der Waals surface area contributed by atoms with Gasteiger partial charge in [0.25, 0.3) is 5.91 Å². The molecular formula is C19H22FN3O3. The Bertz CT molecular complexity index is 930. The molecule has 1 unspecified atom stereocenters. The number of hydrogen-bond acceptors (Lipinski definition) is 3. The molecule has 0 aliphatic carbocycles. The zero-order valence-electron chi connectivity index (χ0n) is 15.1. The van der Waals surface area contributed by atoms with Gasteiger partial charge in [0, 0.05) is 36.5 Å². The summed E-state index contributed by atoms with van der Waals surface area (Å²) in [7, 11) is 0. The Morgan fingerprint density at radius 2 is 2.04 bits per heavy atom. The molecule has 7 heteroatoms. The van der Waals surface area contributed by atoms with E-state index in [1.54, 1.807) is 4.90 Å². The Morgan fingerprint density at radius 1 is 1.31 bits per heavy atom. The van der Waals surface area contributed by atoms with Crippen LogP contribution in [-0.2, 0) is 4.79 Å². The minimum Gasteiger partial charge on any atom is -0.347 e. The lowest BCUT2D eigenvalue weighted by atomic mass is 9.96. The van der Waals surface area contributed by atoms with Crippen molar-refractivity contribution >= 4 is 22.7 Å². The van der Waals surface area contributed by atoms with Crippen molar-refractivity contribution in [3.8, 4) is 0 Å². The minimum atomic E-state index is -0.494. The number of nitrogens with zero attached hydrogens (tertiary/aromatic N) is 1. The van der Waals surface area contributed by atoms with Crippen LogP contribution in [-0.4, -0.2) is 40.8 Å². The van der Waals surface area contributed by atoms with Crippen molar-refractivity contribution in [2.75, 3.05) is 13.1 Å². The van der Waals surface area contributed by atoms with Gasteiger partial charge in [-0.1, -0.05) is 20.8 Å². The number of aromatic amines is 1. The fraction of sp³-hybridized carbons (Fsp3) is 0.421. The molecule has 1 aromatic heterocycles. The number of amides is 2. The summed E-state index contributed by atoms with van der Waals surface area (Å²) >= 11 is 0. The van der Waals surface area contributed by atoms with Crippen LogP contribution in [0.5, 0.6) is 0 Å². The van der Waals surface area contributed by atoms with Crippen LogP contribution < -0.4 is 10.9 Å². The summed E-state index contributed by atoms with van der Waals surface area (Å²) in [4.78, 5) is 40.9. The Labute approximate surface area is 150 Å². The highest BCUT2D eigenvalue weighted by Gasteiger charge is 2.33. The molecule has 6 nitrogen and oxygen atoms in total. The normalized spacial score (nSPS) is 17.8. The average molecular weight is 359 g/mol. The summed E-state index contributed by atoms with van der Waals surface area (Å²) in [6.45, 7) is 7.17. The molecule has 2 aromatic rings. The zero-order chi connectivity index (χ0) is 19.1. The Morgan fingerprint density at radius 3 is 2.73 bits per heavy atom. The fourth-order valence-electron chi connectivity index (χ4n) is 3.27. The molecule has 0 saturated carbocycles. The van der Waals surface area contributed by atoms with E-state index in [1.165, 1.54) is 18.2 Å². The molecule has 2 amide bonds. The van der Waals surface area contributed by atoms with E-state index in [9.17, 15) is 18.8 Å². The molecule has 3 rings (SSSR count). The van der Waals surface area contributed by atoms with E-state index in [1.807, 2.05) is 20.8 Å². The molecule has 1 aliphatic heterocycles. The van der Waals surface area contributed by atoms with Crippen LogP contribution >= 0.6 is 0 Å². The first-order chi connectivity index (χ1) is 12.1. The van der Waals surface area contributed by atoms with E-state index in [0.29, 0.717) is 24.0 Å². The Balaban J connectivity index is 1.81. The van der Waals surface area contributed by atoms with Crippen molar-refractivity contribution in [3.63, 3.8) is 0 Å². The number of hydrogen-bond donors (Lipinski definition) is 2. The maximum atomic E-state index is 13.6. The smallest absolute Gasteiger partial charge is 0.252 e. The van der Waals surface area contributed by atoms with Crippen LogP contribution in [0.3, 0.4) is 0 Å². The number of rotatable bonds is 3. The van der Waals surface area contributed by atoms with Gasteiger partial charge in [-0.25, -0.2) is 4.39 Å². The molecule has 2 N–H and O–H groups in total. The highest BCUT2D eigenvalue weighted by atomic mass is 19.1. The van der Waals surface area contributed by atoms with Gasteiger partial charge in [-0.2, -0.15) is 0 Å². The van der Waals surface area contributed by atoms with Crippen molar-refractivity contribution < 1.29 is 14.0 Å². The SMILES string of the molecule is CC(C)(C)CN1CC(NC(=O)c2cc(=O)[nH]c3ccc(F)cc23)CC1=O. The molecule has 1 aromatic carbocycles. The van der Waals surface area contributed by atoms with Gasteiger partial charge in [-0.3, -0.25) is 14.4 Å². The second-order valence-electron chi connectivity index (χ2n) is 7.95. The molecule has 1 aliphatic rings. The van der Waals surface area contributed by atoms with Gasteiger partial charge in [0.2, 0.25) is 11.5 Å². The van der Waals surface area contributed by atoms with Crippen molar-refractivity contribution in [3.05, 3.63) is 46.0 Å². The zero-order valence-corrected chi connectivity index (χ0v) is 15.1. The van der Waals surface area contributed by atoms with E-state index in [-0.39, 0.29) is 29.3 Å². The number of H-pyrrole nitrogens is 1. The van der Waals surface area contributed by atoms with E-state index in [0.717, 1.165) is 6.07 Å². The van der Waals surface area contributed by atoms with Crippen molar-refractivity contribution in [2.45, 2.75) is 33.2 Å². The second kappa shape index (κ2) is 6.55. The molecule has 138 valence electrons. The van der Waals surface area contributed by atoms with Crippen LogP contribution in [0.15, 0.2) is 29.1 Å². The van der Waals surface area contributed by atoms with Gasteiger partial charge in [0.15, 0.2) is 0 Å². The number of nitrogens with one attached hydrogen (secondary N) is 2.